The van der Waals surface area contributed by atoms with Crippen molar-refractivity contribution in [2.24, 2.45) is 0 Å². The number of rotatable bonds is 7. The molecule has 0 saturated carbocycles. The molecule has 3 aromatic carbocycles. The fraction of sp³-hybridized carbons (Fsp3) is 0.182. The predicted octanol–water partition coefficient (Wildman–Crippen LogP) is 1.36. The Labute approximate surface area is 158 Å². The van der Waals surface area contributed by atoms with Gasteiger partial charge >= 0.3 is 0 Å². The number of hydrogen-bond acceptors (Lipinski definition) is 1. The van der Waals surface area contributed by atoms with Gasteiger partial charge in [-0.05, 0) is 55.0 Å². The number of unbranched alkanes of at least 4 members (excludes halogenated alkanes) is 1. The predicted molar refractivity (Wildman–Crippen MR) is 107 cm³/mol. The number of benzene rings is 3. The maximum Gasteiger partial charge on any atom is 0.119 e. The Morgan fingerprint density at radius 2 is 1.16 bits per heavy atom. The quantitative estimate of drug-likeness (QED) is 0.451. The molecule has 1 nitrogen and oxygen atoms in total. The van der Waals surface area contributed by atoms with Gasteiger partial charge in [-0.2, -0.15) is 0 Å². The smallest absolute Gasteiger partial charge is 0.119 e. The van der Waals surface area contributed by atoms with E-state index in [1.54, 1.807) is 0 Å². The van der Waals surface area contributed by atoms with Crippen LogP contribution in [0.15, 0.2) is 84.9 Å². The lowest BCUT2D eigenvalue weighted by atomic mass is 10.3. The lowest BCUT2D eigenvalue weighted by molar-refractivity contribution is -0.00000521. The Hall–Kier alpha value is -1.82. The molecule has 3 rings (SSSR count). The summed E-state index contributed by atoms with van der Waals surface area (Å²) in [6.45, 7) is 2.98. The van der Waals surface area contributed by atoms with Crippen LogP contribution >= 0.6 is 7.92 Å². The average molecular weight is 371 g/mol. The summed E-state index contributed by atoms with van der Waals surface area (Å²) in [5.41, 5.74) is 0. The van der Waals surface area contributed by atoms with Gasteiger partial charge in [0.05, 0.1) is 14.5 Å². The van der Waals surface area contributed by atoms with Crippen LogP contribution < -0.4 is 33.1 Å². The fourth-order valence-corrected chi connectivity index (χ4v) is 5.31. The van der Waals surface area contributed by atoms with Gasteiger partial charge in [0.25, 0.3) is 0 Å². The lowest BCUT2D eigenvalue weighted by Crippen LogP contribution is -3.00. The van der Waals surface area contributed by atoms with E-state index in [1.807, 2.05) is 0 Å². The van der Waals surface area contributed by atoms with Crippen molar-refractivity contribution in [1.82, 2.24) is 0 Å². The molecule has 0 saturated heterocycles. The summed E-state index contributed by atoms with van der Waals surface area (Å²) in [5.74, 6) is 0.967. The lowest BCUT2D eigenvalue weighted by Gasteiger charge is -2.11. The van der Waals surface area contributed by atoms with Crippen LogP contribution in [0.3, 0.4) is 0 Å². The third-order valence-corrected chi connectivity index (χ3v) is 6.77. The van der Waals surface area contributed by atoms with Gasteiger partial charge in [0.2, 0.25) is 0 Å². The van der Waals surface area contributed by atoms with Crippen LogP contribution in [0, 0.1) is 0 Å². The van der Waals surface area contributed by atoms with Crippen molar-refractivity contribution in [1.29, 1.82) is 0 Å². The second-order valence-electron chi connectivity index (χ2n) is 5.83. The fourth-order valence-electron chi connectivity index (χ4n) is 2.76. The maximum atomic E-state index is 5.80. The molecule has 0 unspecified atom stereocenters. The zero-order valence-corrected chi connectivity index (χ0v) is 16.2. The molecular formula is C22H24ClOP. The van der Waals surface area contributed by atoms with Gasteiger partial charge in [-0.25, -0.2) is 0 Å². The molecule has 0 aliphatic heterocycles. The SMILES string of the molecule is CCCCOc1ccc([PH+](c2ccccc2)c2ccccc2)cc1.[Cl-]. The highest BCUT2D eigenvalue weighted by Gasteiger charge is 2.24. The van der Waals surface area contributed by atoms with Crippen LogP contribution in [0.2, 0.25) is 0 Å². The molecule has 0 radical (unpaired) electrons. The highest BCUT2D eigenvalue weighted by molar-refractivity contribution is 7.79. The van der Waals surface area contributed by atoms with Gasteiger partial charge in [-0.15, -0.1) is 0 Å². The van der Waals surface area contributed by atoms with Crippen LogP contribution in [0.25, 0.3) is 0 Å². The summed E-state index contributed by atoms with van der Waals surface area (Å²) in [5, 5.41) is 4.21. The Kier molecular flexibility index (Phi) is 7.98. The van der Waals surface area contributed by atoms with Crippen molar-refractivity contribution in [3.05, 3.63) is 84.9 Å². The van der Waals surface area contributed by atoms with Crippen LogP contribution in [0.4, 0.5) is 0 Å². The Balaban J connectivity index is 0.00000225. The third kappa shape index (κ3) is 5.33. The second kappa shape index (κ2) is 10.2. The Morgan fingerprint density at radius 1 is 0.680 bits per heavy atom. The molecule has 130 valence electrons. The van der Waals surface area contributed by atoms with Crippen molar-refractivity contribution < 1.29 is 17.1 Å². The van der Waals surface area contributed by atoms with Gasteiger partial charge in [-0.3, -0.25) is 0 Å². The standard InChI is InChI=1S/C22H23OP.ClH/c1-2-3-18-23-19-14-16-22(17-15-19)24(20-10-6-4-7-11-20)21-12-8-5-9-13-21;/h4-17H,2-3,18H2,1H3;1H. The van der Waals surface area contributed by atoms with Crippen LogP contribution in [0.5, 0.6) is 5.75 Å². The van der Waals surface area contributed by atoms with E-state index in [-0.39, 0.29) is 12.4 Å². The van der Waals surface area contributed by atoms with E-state index >= 15 is 0 Å². The molecule has 0 N–H and O–H groups in total. The second-order valence-corrected chi connectivity index (χ2v) is 8.32. The van der Waals surface area contributed by atoms with Crippen LogP contribution in [0.1, 0.15) is 19.8 Å². The van der Waals surface area contributed by atoms with Crippen molar-refractivity contribution in [3.63, 3.8) is 0 Å². The van der Waals surface area contributed by atoms with E-state index < -0.39 is 7.92 Å². The van der Waals surface area contributed by atoms with Gasteiger partial charge in [-0.1, -0.05) is 49.7 Å². The summed E-state index contributed by atoms with van der Waals surface area (Å²) < 4.78 is 5.80. The van der Waals surface area contributed by atoms with Gasteiger partial charge in [0.1, 0.15) is 21.7 Å². The normalized spacial score (nSPS) is 10.3. The third-order valence-electron chi connectivity index (χ3n) is 4.03. The minimum absolute atomic E-state index is 0. The highest BCUT2D eigenvalue weighted by Crippen LogP contribution is 2.33. The van der Waals surface area contributed by atoms with E-state index in [0.717, 1.165) is 25.2 Å². The van der Waals surface area contributed by atoms with Gasteiger partial charge < -0.3 is 17.1 Å². The van der Waals surface area contributed by atoms with Crippen LogP contribution in [-0.4, -0.2) is 6.61 Å². The molecule has 3 aromatic rings. The van der Waals surface area contributed by atoms with Gasteiger partial charge in [0, 0.05) is 0 Å². The first-order chi connectivity index (χ1) is 11.9. The first-order valence-corrected chi connectivity index (χ1v) is 10.1. The molecule has 3 heteroatoms. The molecule has 0 aliphatic rings. The molecular weight excluding hydrogens is 347 g/mol. The minimum Gasteiger partial charge on any atom is -1.00 e. The summed E-state index contributed by atoms with van der Waals surface area (Å²) in [6, 6.07) is 30.3. The largest absolute Gasteiger partial charge is 1.00 e. The molecule has 0 aromatic heterocycles. The van der Waals surface area contributed by atoms with Crippen LogP contribution in [-0.2, 0) is 0 Å². The molecule has 0 atom stereocenters. The molecule has 0 aliphatic carbocycles. The maximum absolute atomic E-state index is 5.80. The minimum atomic E-state index is -0.974. The Morgan fingerprint density at radius 3 is 1.64 bits per heavy atom. The average Bonchev–Trinajstić information content (AvgIpc) is 2.65. The molecule has 0 fully saturated rings. The van der Waals surface area contributed by atoms with E-state index in [0.29, 0.717) is 0 Å². The summed E-state index contributed by atoms with van der Waals surface area (Å²) in [7, 11) is -0.974. The first kappa shape index (κ1) is 19.5. The summed E-state index contributed by atoms with van der Waals surface area (Å²) >= 11 is 0. The number of ether oxygens (including phenoxy) is 1. The van der Waals surface area contributed by atoms with E-state index in [2.05, 4.69) is 91.9 Å². The summed E-state index contributed by atoms with van der Waals surface area (Å²) in [6.07, 6.45) is 2.26. The number of hydrogen-bond donors (Lipinski definition) is 0. The monoisotopic (exact) mass is 370 g/mol. The molecule has 0 amide bonds. The van der Waals surface area contributed by atoms with E-state index in [4.69, 9.17) is 4.74 Å². The Bertz CT molecular complexity index is 689. The zero-order valence-electron chi connectivity index (χ0n) is 14.5. The summed E-state index contributed by atoms with van der Waals surface area (Å²) in [4.78, 5) is 0. The topological polar surface area (TPSA) is 9.23 Å². The van der Waals surface area contributed by atoms with E-state index in [1.165, 1.54) is 15.9 Å². The van der Waals surface area contributed by atoms with Crippen molar-refractivity contribution in [2.45, 2.75) is 19.8 Å². The molecule has 0 bridgehead atoms. The number of halogens is 1. The zero-order chi connectivity index (χ0) is 16.6. The molecule has 0 spiro atoms. The van der Waals surface area contributed by atoms with Crippen molar-refractivity contribution in [3.8, 4) is 5.75 Å². The van der Waals surface area contributed by atoms with Gasteiger partial charge in [0.15, 0.2) is 0 Å². The highest BCUT2D eigenvalue weighted by atomic mass is 35.5. The molecule has 25 heavy (non-hydrogen) atoms. The molecule has 0 heterocycles. The first-order valence-electron chi connectivity index (χ1n) is 8.59. The van der Waals surface area contributed by atoms with Crippen molar-refractivity contribution in [2.75, 3.05) is 6.61 Å². The van der Waals surface area contributed by atoms with Crippen molar-refractivity contribution >= 4 is 23.8 Å². The van der Waals surface area contributed by atoms with E-state index in [9.17, 15) is 0 Å².